The van der Waals surface area contributed by atoms with Crippen LogP contribution in [0.4, 0.5) is 5.69 Å². The van der Waals surface area contributed by atoms with E-state index < -0.39 is 27.9 Å². The highest BCUT2D eigenvalue weighted by Crippen LogP contribution is 2.21. The van der Waals surface area contributed by atoms with E-state index in [4.69, 9.17) is 10.5 Å². The number of amides is 2. The number of benzene rings is 3. The van der Waals surface area contributed by atoms with Crippen LogP contribution in [-0.4, -0.2) is 26.8 Å². The number of anilines is 1. The maximum absolute atomic E-state index is 12.7. The molecule has 3 aromatic carbocycles. The summed E-state index contributed by atoms with van der Waals surface area (Å²) in [7, 11) is -3.88. The van der Waals surface area contributed by atoms with E-state index in [9.17, 15) is 18.0 Å². The number of ether oxygens (including phenoxy) is 1. The highest BCUT2D eigenvalue weighted by atomic mass is 32.2. The number of hydrogen-bond acceptors (Lipinski definition) is 5. The predicted octanol–water partition coefficient (Wildman–Crippen LogP) is 2.84. The van der Waals surface area contributed by atoms with Crippen molar-refractivity contribution in [1.29, 1.82) is 0 Å². The number of sulfonamides is 1. The van der Waals surface area contributed by atoms with Gasteiger partial charge in [0.15, 0.2) is 0 Å². The third-order valence-corrected chi connectivity index (χ3v) is 5.91. The minimum atomic E-state index is -3.88. The molecule has 2 amide bonds. The Morgan fingerprint density at radius 3 is 2.28 bits per heavy atom. The number of carbonyl (C=O) groups is 2. The summed E-state index contributed by atoms with van der Waals surface area (Å²) in [5.41, 5.74) is 6.35. The fourth-order valence-corrected chi connectivity index (χ4v) is 4.05. The summed E-state index contributed by atoms with van der Waals surface area (Å²) in [4.78, 5) is 24.6. The molecule has 0 aliphatic rings. The lowest BCUT2D eigenvalue weighted by Crippen LogP contribution is -2.37. The van der Waals surface area contributed by atoms with Crippen molar-refractivity contribution in [3.8, 4) is 5.75 Å². The van der Waals surface area contributed by atoms with E-state index in [1.54, 1.807) is 42.5 Å². The Morgan fingerprint density at radius 1 is 0.969 bits per heavy atom. The Morgan fingerprint density at radius 2 is 1.66 bits per heavy atom. The van der Waals surface area contributed by atoms with Crippen molar-refractivity contribution in [2.24, 2.45) is 5.73 Å². The molecule has 1 atom stereocenters. The predicted molar refractivity (Wildman–Crippen MR) is 121 cm³/mol. The normalized spacial score (nSPS) is 11.9. The average molecular weight is 454 g/mol. The van der Waals surface area contributed by atoms with Gasteiger partial charge in [0.05, 0.1) is 11.5 Å². The van der Waals surface area contributed by atoms with Crippen LogP contribution >= 0.6 is 0 Å². The van der Waals surface area contributed by atoms with E-state index in [-0.39, 0.29) is 16.1 Å². The Bertz CT molecular complexity index is 1200. The van der Waals surface area contributed by atoms with E-state index in [0.717, 1.165) is 0 Å². The zero-order valence-corrected chi connectivity index (χ0v) is 18.1. The van der Waals surface area contributed by atoms with Crippen LogP contribution in [0.1, 0.15) is 28.9 Å². The lowest BCUT2D eigenvalue weighted by Gasteiger charge is -2.16. The first-order valence-electron chi connectivity index (χ1n) is 9.81. The maximum Gasteiger partial charge on any atom is 0.261 e. The van der Waals surface area contributed by atoms with Crippen molar-refractivity contribution in [1.82, 2.24) is 5.32 Å². The third-order valence-electron chi connectivity index (χ3n) is 4.51. The van der Waals surface area contributed by atoms with Crippen molar-refractivity contribution >= 4 is 27.5 Å². The summed E-state index contributed by atoms with van der Waals surface area (Å²) < 4.78 is 33.2. The second kappa shape index (κ2) is 9.97. The minimum Gasteiger partial charge on any atom is -0.494 e. The van der Waals surface area contributed by atoms with Crippen molar-refractivity contribution in [3.63, 3.8) is 0 Å². The smallest absolute Gasteiger partial charge is 0.261 e. The minimum absolute atomic E-state index is 0.0497. The van der Waals surface area contributed by atoms with Crippen LogP contribution < -0.4 is 20.5 Å². The van der Waals surface area contributed by atoms with E-state index in [1.165, 1.54) is 36.4 Å². The van der Waals surface area contributed by atoms with Crippen molar-refractivity contribution in [2.75, 3.05) is 11.3 Å². The fraction of sp³-hybridized carbons (Fsp3) is 0.130. The summed E-state index contributed by atoms with van der Waals surface area (Å²) in [6.07, 6.45) is 0. The zero-order chi connectivity index (χ0) is 23.1. The van der Waals surface area contributed by atoms with Gasteiger partial charge in [0.25, 0.3) is 15.9 Å². The highest BCUT2D eigenvalue weighted by molar-refractivity contribution is 7.92. The third kappa shape index (κ3) is 5.64. The van der Waals surface area contributed by atoms with Crippen molar-refractivity contribution in [3.05, 3.63) is 90.0 Å². The molecule has 0 bridgehead atoms. The van der Waals surface area contributed by atoms with E-state index >= 15 is 0 Å². The lowest BCUT2D eigenvalue weighted by atomic mass is 10.1. The standard InChI is InChI=1S/C23H23N3O5S/c1-2-31-19-11-13-20(14-12-19)32(29,30)26-18-10-6-9-17(15-18)23(28)25-21(22(24)27)16-7-4-3-5-8-16/h3-15,21,26H,2H2,1H3,(H2,24,27)(H,25,28). The van der Waals surface area contributed by atoms with Crippen LogP contribution in [0.15, 0.2) is 83.8 Å². The van der Waals surface area contributed by atoms with Gasteiger partial charge in [-0.25, -0.2) is 8.42 Å². The van der Waals surface area contributed by atoms with Gasteiger partial charge in [-0.2, -0.15) is 0 Å². The van der Waals surface area contributed by atoms with Gasteiger partial charge in [-0.1, -0.05) is 36.4 Å². The number of hydrogen-bond donors (Lipinski definition) is 3. The van der Waals surface area contributed by atoms with Crippen LogP contribution in [0.2, 0.25) is 0 Å². The molecule has 9 heteroatoms. The molecule has 8 nitrogen and oxygen atoms in total. The molecular formula is C23H23N3O5S. The van der Waals surface area contributed by atoms with Crippen molar-refractivity contribution in [2.45, 2.75) is 17.9 Å². The molecule has 0 saturated carbocycles. The molecule has 0 aliphatic carbocycles. The summed E-state index contributed by atoms with van der Waals surface area (Å²) >= 11 is 0. The first kappa shape index (κ1) is 22.8. The van der Waals surface area contributed by atoms with Crippen LogP contribution in [0.25, 0.3) is 0 Å². The first-order valence-corrected chi connectivity index (χ1v) is 11.3. The van der Waals surface area contributed by atoms with Gasteiger partial charge in [-0.15, -0.1) is 0 Å². The SMILES string of the molecule is CCOc1ccc(S(=O)(=O)Nc2cccc(C(=O)NC(C(N)=O)c3ccccc3)c2)cc1. The van der Waals surface area contributed by atoms with Gasteiger partial charge >= 0.3 is 0 Å². The summed E-state index contributed by atoms with van der Waals surface area (Å²) in [6, 6.07) is 19.5. The topological polar surface area (TPSA) is 128 Å². The first-order chi connectivity index (χ1) is 15.3. The van der Waals surface area contributed by atoms with Gasteiger partial charge < -0.3 is 15.8 Å². The number of primary amides is 1. The van der Waals surface area contributed by atoms with Gasteiger partial charge in [-0.3, -0.25) is 14.3 Å². The molecule has 0 spiro atoms. The van der Waals surface area contributed by atoms with E-state index in [1.807, 2.05) is 6.92 Å². The van der Waals surface area contributed by atoms with Crippen LogP contribution in [-0.2, 0) is 14.8 Å². The molecule has 0 radical (unpaired) electrons. The number of carbonyl (C=O) groups excluding carboxylic acids is 2. The van der Waals surface area contributed by atoms with Gasteiger partial charge in [0.1, 0.15) is 11.8 Å². The molecule has 1 unspecified atom stereocenters. The molecule has 4 N–H and O–H groups in total. The summed E-state index contributed by atoms with van der Waals surface area (Å²) in [5.74, 6) is -0.718. The fourth-order valence-electron chi connectivity index (χ4n) is 3.00. The monoisotopic (exact) mass is 453 g/mol. The maximum atomic E-state index is 12.7. The van der Waals surface area contributed by atoms with Crippen molar-refractivity contribution < 1.29 is 22.7 Å². The molecule has 0 fully saturated rings. The van der Waals surface area contributed by atoms with E-state index in [2.05, 4.69) is 10.0 Å². The van der Waals surface area contributed by atoms with Crippen LogP contribution in [0.3, 0.4) is 0 Å². The van der Waals surface area contributed by atoms with Gasteiger partial charge in [-0.05, 0) is 55.0 Å². The molecule has 3 aromatic rings. The molecule has 0 saturated heterocycles. The second-order valence-electron chi connectivity index (χ2n) is 6.81. The summed E-state index contributed by atoms with van der Waals surface area (Å²) in [5, 5.41) is 2.58. The van der Waals surface area contributed by atoms with Crippen LogP contribution in [0.5, 0.6) is 5.75 Å². The highest BCUT2D eigenvalue weighted by Gasteiger charge is 2.21. The molecule has 0 aliphatic heterocycles. The Kier molecular flexibility index (Phi) is 7.11. The number of nitrogens with one attached hydrogen (secondary N) is 2. The van der Waals surface area contributed by atoms with Gasteiger partial charge in [0, 0.05) is 11.3 Å². The van der Waals surface area contributed by atoms with Gasteiger partial charge in [0.2, 0.25) is 5.91 Å². The molecule has 3 rings (SSSR count). The Labute approximate surface area is 186 Å². The Hall–Kier alpha value is -3.85. The van der Waals surface area contributed by atoms with Crippen LogP contribution in [0, 0.1) is 0 Å². The second-order valence-corrected chi connectivity index (χ2v) is 8.49. The molecule has 166 valence electrons. The molecular weight excluding hydrogens is 430 g/mol. The van der Waals surface area contributed by atoms with E-state index in [0.29, 0.717) is 17.9 Å². The Balaban J connectivity index is 1.77. The molecule has 0 heterocycles. The summed E-state index contributed by atoms with van der Waals surface area (Å²) in [6.45, 7) is 2.31. The number of rotatable bonds is 9. The average Bonchev–Trinajstić information content (AvgIpc) is 2.78. The zero-order valence-electron chi connectivity index (χ0n) is 17.3. The molecule has 32 heavy (non-hydrogen) atoms. The molecule has 0 aromatic heterocycles. The quantitative estimate of drug-likeness (QED) is 0.459. The number of nitrogens with two attached hydrogens (primary N) is 1. The lowest BCUT2D eigenvalue weighted by molar-refractivity contribution is -0.120. The largest absolute Gasteiger partial charge is 0.494 e.